The van der Waals surface area contributed by atoms with Gasteiger partial charge in [-0.05, 0) is 26.0 Å². The molecule has 1 atom stereocenters. The summed E-state index contributed by atoms with van der Waals surface area (Å²) in [5.41, 5.74) is 0.574. The first-order chi connectivity index (χ1) is 9.38. The fourth-order valence-electron chi connectivity index (χ4n) is 1.47. The number of carbonyl (C=O) groups is 2. The van der Waals surface area contributed by atoms with Gasteiger partial charge in [-0.1, -0.05) is 11.6 Å². The molecule has 2 aromatic rings. The van der Waals surface area contributed by atoms with Crippen LogP contribution in [0.2, 0.25) is 4.34 Å². The second-order valence-corrected chi connectivity index (χ2v) is 6.78. The second-order valence-electron chi connectivity index (χ2n) is 4.07. The van der Waals surface area contributed by atoms with Gasteiger partial charge in [0.1, 0.15) is 15.9 Å². The molecule has 8 heteroatoms. The standard InChI is InChI=1S/C12H11ClN2O3S2/c1-5-9(10(16)14-6(2)12(17)18)20-11(15-5)7-3-4-8(13)19-7/h3-4,6H,1-2H3,(H,14,16)(H,17,18). The van der Waals surface area contributed by atoms with Crippen LogP contribution in [0.3, 0.4) is 0 Å². The van der Waals surface area contributed by atoms with Crippen LogP contribution in [0.15, 0.2) is 12.1 Å². The number of aliphatic carboxylic acids is 1. The van der Waals surface area contributed by atoms with Gasteiger partial charge in [0.2, 0.25) is 0 Å². The first-order valence-electron chi connectivity index (χ1n) is 5.65. The van der Waals surface area contributed by atoms with E-state index in [1.54, 1.807) is 13.0 Å². The van der Waals surface area contributed by atoms with E-state index in [1.165, 1.54) is 29.6 Å². The molecule has 0 radical (unpaired) electrons. The Morgan fingerprint density at radius 2 is 2.10 bits per heavy atom. The van der Waals surface area contributed by atoms with Crippen molar-refractivity contribution < 1.29 is 14.7 Å². The largest absolute Gasteiger partial charge is 0.480 e. The average Bonchev–Trinajstić information content (AvgIpc) is 2.95. The monoisotopic (exact) mass is 330 g/mol. The van der Waals surface area contributed by atoms with Crippen molar-refractivity contribution >= 4 is 46.2 Å². The number of aryl methyl sites for hydroxylation is 1. The van der Waals surface area contributed by atoms with E-state index in [2.05, 4.69) is 10.3 Å². The highest BCUT2D eigenvalue weighted by atomic mass is 35.5. The van der Waals surface area contributed by atoms with Crippen molar-refractivity contribution in [2.45, 2.75) is 19.9 Å². The maximum absolute atomic E-state index is 12.0. The van der Waals surface area contributed by atoms with Crippen molar-refractivity contribution in [1.29, 1.82) is 0 Å². The minimum atomic E-state index is -1.08. The summed E-state index contributed by atoms with van der Waals surface area (Å²) in [6.07, 6.45) is 0. The molecule has 1 amide bonds. The fraction of sp³-hybridized carbons (Fsp3) is 0.250. The number of halogens is 1. The second kappa shape index (κ2) is 5.90. The molecule has 0 aliphatic rings. The zero-order chi connectivity index (χ0) is 14.9. The van der Waals surface area contributed by atoms with Gasteiger partial charge < -0.3 is 10.4 Å². The van der Waals surface area contributed by atoms with Crippen molar-refractivity contribution in [3.05, 3.63) is 27.0 Å². The molecule has 0 saturated heterocycles. The molecule has 5 nitrogen and oxygen atoms in total. The number of carboxylic acids is 1. The topological polar surface area (TPSA) is 79.3 Å². The van der Waals surface area contributed by atoms with Crippen LogP contribution in [0.1, 0.15) is 22.3 Å². The highest BCUT2D eigenvalue weighted by Crippen LogP contribution is 2.34. The summed E-state index contributed by atoms with van der Waals surface area (Å²) in [7, 11) is 0. The number of thiophene rings is 1. The number of rotatable bonds is 4. The van der Waals surface area contributed by atoms with Crippen molar-refractivity contribution in [2.75, 3.05) is 0 Å². The number of thiazole rings is 1. The third-order valence-electron chi connectivity index (χ3n) is 2.50. The zero-order valence-corrected chi connectivity index (χ0v) is 13.0. The van der Waals surface area contributed by atoms with Crippen molar-refractivity contribution in [3.63, 3.8) is 0 Å². The summed E-state index contributed by atoms with van der Waals surface area (Å²) in [6.45, 7) is 3.13. The number of amides is 1. The Morgan fingerprint density at radius 3 is 2.65 bits per heavy atom. The first kappa shape index (κ1) is 15.0. The Hall–Kier alpha value is -1.44. The van der Waals surface area contributed by atoms with E-state index in [4.69, 9.17) is 16.7 Å². The summed E-state index contributed by atoms with van der Waals surface area (Å²) in [6, 6.07) is 2.67. The van der Waals surface area contributed by atoms with Gasteiger partial charge >= 0.3 is 5.97 Å². The molecule has 2 rings (SSSR count). The molecule has 106 valence electrons. The Labute approximate surface area is 128 Å². The Bertz CT molecular complexity index is 665. The van der Waals surface area contributed by atoms with Crippen molar-refractivity contribution in [2.24, 2.45) is 0 Å². The van der Waals surface area contributed by atoms with Crippen LogP contribution >= 0.6 is 34.3 Å². The van der Waals surface area contributed by atoms with Crippen molar-refractivity contribution in [1.82, 2.24) is 10.3 Å². The number of carbonyl (C=O) groups excluding carboxylic acids is 1. The van der Waals surface area contributed by atoms with E-state index in [0.29, 0.717) is 19.9 Å². The van der Waals surface area contributed by atoms with Crippen LogP contribution < -0.4 is 5.32 Å². The average molecular weight is 331 g/mol. The highest BCUT2D eigenvalue weighted by molar-refractivity contribution is 7.24. The van der Waals surface area contributed by atoms with Gasteiger partial charge in [0.25, 0.3) is 5.91 Å². The molecule has 2 heterocycles. The molecule has 0 bridgehead atoms. The minimum Gasteiger partial charge on any atom is -0.480 e. The number of hydrogen-bond acceptors (Lipinski definition) is 5. The van der Waals surface area contributed by atoms with Gasteiger partial charge in [0.15, 0.2) is 0 Å². The van der Waals surface area contributed by atoms with E-state index in [-0.39, 0.29) is 0 Å². The van der Waals surface area contributed by atoms with Gasteiger partial charge in [-0.25, -0.2) is 4.98 Å². The van der Waals surface area contributed by atoms with Crippen LogP contribution in [0.25, 0.3) is 9.88 Å². The van der Waals surface area contributed by atoms with Gasteiger partial charge in [-0.15, -0.1) is 22.7 Å². The maximum Gasteiger partial charge on any atom is 0.325 e. The number of carboxylic acid groups (broad SMARTS) is 1. The number of aromatic nitrogens is 1. The summed E-state index contributed by atoms with van der Waals surface area (Å²) in [4.78, 5) is 28.4. The minimum absolute atomic E-state index is 0.414. The Morgan fingerprint density at radius 1 is 1.40 bits per heavy atom. The summed E-state index contributed by atoms with van der Waals surface area (Å²) >= 11 is 8.48. The van der Waals surface area contributed by atoms with Gasteiger partial charge in [0.05, 0.1) is 14.9 Å². The lowest BCUT2D eigenvalue weighted by molar-refractivity contribution is -0.138. The smallest absolute Gasteiger partial charge is 0.325 e. The summed E-state index contributed by atoms with van der Waals surface area (Å²) in [5.74, 6) is -1.51. The molecule has 2 aromatic heterocycles. The van der Waals surface area contributed by atoms with E-state index in [1.807, 2.05) is 6.07 Å². The Balaban J connectivity index is 2.23. The van der Waals surface area contributed by atoms with Crippen LogP contribution in [-0.2, 0) is 4.79 Å². The lowest BCUT2D eigenvalue weighted by Gasteiger charge is -2.07. The van der Waals surface area contributed by atoms with E-state index < -0.39 is 17.9 Å². The lowest BCUT2D eigenvalue weighted by atomic mass is 10.3. The number of nitrogens with zero attached hydrogens (tertiary/aromatic N) is 1. The molecule has 0 saturated carbocycles. The summed E-state index contributed by atoms with van der Waals surface area (Å²) < 4.78 is 0.651. The van der Waals surface area contributed by atoms with Crippen LogP contribution in [0.5, 0.6) is 0 Å². The fourth-order valence-corrected chi connectivity index (χ4v) is 3.53. The summed E-state index contributed by atoms with van der Waals surface area (Å²) in [5, 5.41) is 11.9. The third-order valence-corrected chi connectivity index (χ3v) is 5.06. The first-order valence-corrected chi connectivity index (χ1v) is 7.66. The SMILES string of the molecule is Cc1nc(-c2ccc(Cl)s2)sc1C(=O)NC(C)C(=O)O. The van der Waals surface area contributed by atoms with E-state index in [9.17, 15) is 9.59 Å². The molecule has 0 fully saturated rings. The van der Waals surface area contributed by atoms with Crippen molar-refractivity contribution in [3.8, 4) is 9.88 Å². The molecule has 0 aliphatic carbocycles. The molecule has 0 aromatic carbocycles. The normalized spacial score (nSPS) is 12.2. The lowest BCUT2D eigenvalue weighted by Crippen LogP contribution is -2.38. The number of nitrogens with one attached hydrogen (secondary N) is 1. The third kappa shape index (κ3) is 3.17. The molecule has 0 spiro atoms. The predicted octanol–water partition coefficient (Wildman–Crippen LogP) is 3.04. The predicted molar refractivity (Wildman–Crippen MR) is 79.7 cm³/mol. The van der Waals surface area contributed by atoms with Crippen LogP contribution in [0, 0.1) is 6.92 Å². The van der Waals surface area contributed by atoms with Crippen LogP contribution in [-0.4, -0.2) is 28.0 Å². The highest BCUT2D eigenvalue weighted by Gasteiger charge is 2.20. The molecule has 0 aliphatic heterocycles. The zero-order valence-electron chi connectivity index (χ0n) is 10.6. The van der Waals surface area contributed by atoms with E-state index in [0.717, 1.165) is 4.88 Å². The molecule has 1 unspecified atom stereocenters. The van der Waals surface area contributed by atoms with E-state index >= 15 is 0 Å². The molecule has 2 N–H and O–H groups in total. The maximum atomic E-state index is 12.0. The van der Waals surface area contributed by atoms with Gasteiger partial charge in [-0.2, -0.15) is 0 Å². The molecular formula is C12H11ClN2O3S2. The Kier molecular flexibility index (Phi) is 4.42. The molecular weight excluding hydrogens is 320 g/mol. The number of hydrogen-bond donors (Lipinski definition) is 2. The quantitative estimate of drug-likeness (QED) is 0.903. The van der Waals surface area contributed by atoms with Gasteiger partial charge in [0, 0.05) is 0 Å². The van der Waals surface area contributed by atoms with Gasteiger partial charge in [-0.3, -0.25) is 9.59 Å². The van der Waals surface area contributed by atoms with Crippen LogP contribution in [0.4, 0.5) is 0 Å². The molecule has 20 heavy (non-hydrogen) atoms.